The van der Waals surface area contributed by atoms with E-state index in [4.69, 9.17) is 0 Å². The number of nitrogens with zero attached hydrogens (tertiary/aromatic N) is 1. The molecule has 0 radical (unpaired) electrons. The molecule has 0 aromatic heterocycles. The van der Waals surface area contributed by atoms with Crippen molar-refractivity contribution < 1.29 is 4.39 Å². The molecule has 2 fully saturated rings. The van der Waals surface area contributed by atoms with E-state index in [1.54, 1.807) is 0 Å². The van der Waals surface area contributed by atoms with Gasteiger partial charge in [-0.1, -0.05) is 0 Å². The molecule has 1 saturated heterocycles. The second kappa shape index (κ2) is 1.62. The Morgan fingerprint density at radius 1 is 1.55 bits per heavy atom. The number of fused-ring (bicyclic) bond motifs is 1. The van der Waals surface area contributed by atoms with E-state index in [9.17, 15) is 4.39 Å². The molecule has 1 nitrogen and oxygen atoms in total. The molecule has 1 saturated carbocycles. The summed E-state index contributed by atoms with van der Waals surface area (Å²) in [4.78, 5) is 2.23. The molecule has 2 heterocycles. The zero-order chi connectivity index (χ0) is 7.47. The van der Waals surface area contributed by atoms with E-state index in [2.05, 4.69) is 4.90 Å². The Kier molecular flexibility index (Phi) is 0.890. The lowest BCUT2D eigenvalue weighted by Gasteiger charge is -2.13. The molecule has 1 spiro atoms. The van der Waals surface area contributed by atoms with Crippen molar-refractivity contribution in [2.75, 3.05) is 13.1 Å². The van der Waals surface area contributed by atoms with E-state index in [0.29, 0.717) is 12.0 Å². The molecule has 2 aliphatic heterocycles. The summed E-state index contributed by atoms with van der Waals surface area (Å²) in [6.45, 7) is 1.77. The van der Waals surface area contributed by atoms with Crippen LogP contribution >= 0.6 is 0 Å². The fourth-order valence-electron chi connectivity index (χ4n) is 2.39. The maximum absolute atomic E-state index is 12.8. The van der Waals surface area contributed by atoms with Crippen LogP contribution in [-0.4, -0.2) is 24.2 Å². The van der Waals surface area contributed by atoms with Crippen LogP contribution in [0, 0.1) is 5.41 Å². The third-order valence-corrected chi connectivity index (χ3v) is 3.21. The van der Waals surface area contributed by atoms with Crippen molar-refractivity contribution in [1.29, 1.82) is 0 Å². The molecule has 1 unspecified atom stereocenters. The summed E-state index contributed by atoms with van der Waals surface area (Å²) in [7, 11) is 0. The highest BCUT2D eigenvalue weighted by Gasteiger charge is 2.51. The van der Waals surface area contributed by atoms with E-state index in [0.717, 1.165) is 13.0 Å². The summed E-state index contributed by atoms with van der Waals surface area (Å²) >= 11 is 0. The van der Waals surface area contributed by atoms with Crippen LogP contribution in [-0.2, 0) is 0 Å². The van der Waals surface area contributed by atoms with Gasteiger partial charge in [-0.2, -0.15) is 0 Å². The monoisotopic (exact) mass is 153 g/mol. The van der Waals surface area contributed by atoms with Gasteiger partial charge in [0, 0.05) is 12.2 Å². The van der Waals surface area contributed by atoms with Gasteiger partial charge in [-0.05, 0) is 30.8 Å². The van der Waals surface area contributed by atoms with Crippen LogP contribution in [0.25, 0.3) is 0 Å². The van der Waals surface area contributed by atoms with E-state index in [1.807, 2.05) is 6.08 Å². The van der Waals surface area contributed by atoms with Crippen LogP contribution in [0.4, 0.5) is 4.39 Å². The van der Waals surface area contributed by atoms with Crippen LogP contribution in [0.1, 0.15) is 19.3 Å². The Bertz CT molecular complexity index is 230. The topological polar surface area (TPSA) is 3.24 Å². The minimum atomic E-state index is -0.680. The van der Waals surface area contributed by atoms with Crippen molar-refractivity contribution in [2.45, 2.75) is 25.4 Å². The van der Waals surface area contributed by atoms with Gasteiger partial charge < -0.3 is 4.90 Å². The SMILES string of the molecule is FC1C=C2CC3(CC3)CN2C1. The second-order valence-electron chi connectivity index (χ2n) is 4.23. The van der Waals surface area contributed by atoms with E-state index >= 15 is 0 Å². The number of rotatable bonds is 0. The van der Waals surface area contributed by atoms with Crippen molar-refractivity contribution >= 4 is 0 Å². The average molecular weight is 153 g/mol. The smallest absolute Gasteiger partial charge is 0.138 e. The molecule has 1 aliphatic carbocycles. The highest BCUT2D eigenvalue weighted by Crippen LogP contribution is 2.56. The quantitative estimate of drug-likeness (QED) is 0.512. The molecule has 2 heteroatoms. The number of alkyl halides is 1. The Labute approximate surface area is 65.9 Å². The maximum atomic E-state index is 12.8. The van der Waals surface area contributed by atoms with Gasteiger partial charge in [0.05, 0.1) is 6.54 Å². The number of halogens is 1. The minimum absolute atomic E-state index is 0.617. The van der Waals surface area contributed by atoms with Crippen LogP contribution in [0.2, 0.25) is 0 Å². The van der Waals surface area contributed by atoms with Gasteiger partial charge >= 0.3 is 0 Å². The molecule has 0 amide bonds. The van der Waals surface area contributed by atoms with Crippen LogP contribution in [0.3, 0.4) is 0 Å². The second-order valence-corrected chi connectivity index (χ2v) is 4.23. The van der Waals surface area contributed by atoms with Gasteiger partial charge in [0.25, 0.3) is 0 Å². The lowest BCUT2D eigenvalue weighted by molar-refractivity contribution is 0.298. The van der Waals surface area contributed by atoms with Gasteiger partial charge in [-0.25, -0.2) is 4.39 Å². The standard InChI is InChI=1S/C9H12FN/c10-7-3-8-4-9(1-2-9)6-11(8)5-7/h3,7H,1-2,4-6H2. The predicted molar refractivity (Wildman–Crippen MR) is 40.8 cm³/mol. The number of allylic oxidation sites excluding steroid dienone is 1. The van der Waals surface area contributed by atoms with E-state index in [-0.39, 0.29) is 0 Å². The summed E-state index contributed by atoms with van der Waals surface area (Å²) < 4.78 is 12.8. The molecule has 1 atom stereocenters. The van der Waals surface area contributed by atoms with Crippen molar-refractivity contribution in [3.05, 3.63) is 11.8 Å². The first-order chi connectivity index (χ1) is 5.27. The molecule has 0 N–H and O–H groups in total. The zero-order valence-electron chi connectivity index (χ0n) is 6.52. The first-order valence-electron chi connectivity index (χ1n) is 4.37. The Morgan fingerprint density at radius 3 is 3.00 bits per heavy atom. The minimum Gasteiger partial charge on any atom is -0.371 e. The van der Waals surface area contributed by atoms with Crippen LogP contribution < -0.4 is 0 Å². The van der Waals surface area contributed by atoms with Crippen molar-refractivity contribution in [3.8, 4) is 0 Å². The van der Waals surface area contributed by atoms with Crippen molar-refractivity contribution in [2.24, 2.45) is 5.41 Å². The molecule has 3 rings (SSSR count). The maximum Gasteiger partial charge on any atom is 0.138 e. The van der Waals surface area contributed by atoms with Gasteiger partial charge in [0.15, 0.2) is 0 Å². The predicted octanol–water partition coefficient (Wildman–Crippen LogP) is 1.71. The van der Waals surface area contributed by atoms with Gasteiger partial charge in [-0.15, -0.1) is 0 Å². The Morgan fingerprint density at radius 2 is 2.36 bits per heavy atom. The molecule has 11 heavy (non-hydrogen) atoms. The highest BCUT2D eigenvalue weighted by atomic mass is 19.1. The highest BCUT2D eigenvalue weighted by molar-refractivity contribution is 5.23. The third kappa shape index (κ3) is 0.754. The van der Waals surface area contributed by atoms with Crippen molar-refractivity contribution in [1.82, 2.24) is 4.90 Å². The normalized spacial score (nSPS) is 37.7. The van der Waals surface area contributed by atoms with Crippen LogP contribution in [0.5, 0.6) is 0 Å². The van der Waals surface area contributed by atoms with Crippen LogP contribution in [0.15, 0.2) is 11.8 Å². The van der Waals surface area contributed by atoms with Gasteiger partial charge in [-0.3, -0.25) is 0 Å². The molecule has 60 valence electrons. The average Bonchev–Trinajstić information content (AvgIpc) is 2.44. The van der Waals surface area contributed by atoms with Gasteiger partial charge in [0.2, 0.25) is 0 Å². The van der Waals surface area contributed by atoms with Gasteiger partial charge in [0.1, 0.15) is 6.17 Å². The first kappa shape index (κ1) is 6.04. The summed E-state index contributed by atoms with van der Waals surface area (Å²) in [5, 5.41) is 0. The van der Waals surface area contributed by atoms with Crippen molar-refractivity contribution in [3.63, 3.8) is 0 Å². The fourth-order valence-corrected chi connectivity index (χ4v) is 2.39. The number of hydrogen-bond acceptors (Lipinski definition) is 1. The Balaban J connectivity index is 1.88. The zero-order valence-corrected chi connectivity index (χ0v) is 6.52. The third-order valence-electron chi connectivity index (χ3n) is 3.21. The summed E-state index contributed by atoms with van der Waals surface area (Å²) in [5.74, 6) is 0. The van der Waals surface area contributed by atoms with E-state index < -0.39 is 6.17 Å². The summed E-state index contributed by atoms with van der Waals surface area (Å²) in [5.41, 5.74) is 1.90. The molecule has 3 aliphatic rings. The lowest BCUT2D eigenvalue weighted by atomic mass is 10.1. The van der Waals surface area contributed by atoms with E-state index in [1.165, 1.54) is 18.5 Å². The Hall–Kier alpha value is -0.530. The number of hydrogen-bond donors (Lipinski definition) is 0. The molecular weight excluding hydrogens is 141 g/mol. The summed E-state index contributed by atoms with van der Waals surface area (Å²) in [6.07, 6.45) is 5.04. The molecule has 0 bridgehead atoms. The molecule has 0 aromatic rings. The fraction of sp³-hybridized carbons (Fsp3) is 0.778. The largest absolute Gasteiger partial charge is 0.371 e. The lowest BCUT2D eigenvalue weighted by Crippen LogP contribution is -2.21. The molecular formula is C9H12FN. The molecule has 0 aromatic carbocycles. The summed E-state index contributed by atoms with van der Waals surface area (Å²) in [6, 6.07) is 0. The first-order valence-corrected chi connectivity index (χ1v) is 4.37.